The number of anilines is 1. The number of ether oxygens (including phenoxy) is 1. The molecular formula is C32H29N5O4. The van der Waals surface area contributed by atoms with Crippen molar-refractivity contribution in [2.75, 3.05) is 5.32 Å². The zero-order valence-corrected chi connectivity index (χ0v) is 22.5. The third-order valence-corrected chi connectivity index (χ3v) is 7.13. The molecule has 3 aromatic carbocycles. The van der Waals surface area contributed by atoms with Crippen molar-refractivity contribution in [2.24, 2.45) is 5.92 Å². The summed E-state index contributed by atoms with van der Waals surface area (Å²) in [6.45, 7) is 2.18. The number of alkyl carbamates (subject to hydrolysis) is 1. The van der Waals surface area contributed by atoms with E-state index in [4.69, 9.17) is 9.15 Å². The fourth-order valence-electron chi connectivity index (χ4n) is 4.95. The summed E-state index contributed by atoms with van der Waals surface area (Å²) in [7, 11) is 0. The Morgan fingerprint density at radius 3 is 2.66 bits per heavy atom. The SMILES string of the molecule is Cc1ccc2nc(-c3c[nH]nc3-c3ccc(NC(=O)C4CC=CCC4NC(=O)OCc4ccccc4)cc3)oc2c1. The van der Waals surface area contributed by atoms with Crippen LogP contribution in [0, 0.1) is 12.8 Å². The predicted molar refractivity (Wildman–Crippen MR) is 156 cm³/mol. The Hall–Kier alpha value is -5.18. The van der Waals surface area contributed by atoms with Crippen molar-refractivity contribution in [3.63, 3.8) is 0 Å². The summed E-state index contributed by atoms with van der Waals surface area (Å²) in [5.41, 5.74) is 6.44. The summed E-state index contributed by atoms with van der Waals surface area (Å²) in [6, 6.07) is 22.4. The van der Waals surface area contributed by atoms with E-state index < -0.39 is 12.0 Å². The molecule has 0 saturated heterocycles. The van der Waals surface area contributed by atoms with Crippen LogP contribution < -0.4 is 10.6 Å². The molecule has 5 aromatic rings. The molecule has 0 fully saturated rings. The number of carbonyl (C=O) groups excluding carboxylic acids is 2. The first kappa shape index (κ1) is 26.1. The lowest BCUT2D eigenvalue weighted by atomic mass is 9.88. The number of aromatic nitrogens is 3. The molecule has 41 heavy (non-hydrogen) atoms. The van der Waals surface area contributed by atoms with Gasteiger partial charge >= 0.3 is 6.09 Å². The van der Waals surface area contributed by atoms with Gasteiger partial charge in [-0.05, 0) is 55.2 Å². The monoisotopic (exact) mass is 547 g/mol. The summed E-state index contributed by atoms with van der Waals surface area (Å²) >= 11 is 0. The molecule has 2 amide bonds. The predicted octanol–water partition coefficient (Wildman–Crippen LogP) is 6.39. The third-order valence-electron chi connectivity index (χ3n) is 7.13. The van der Waals surface area contributed by atoms with Crippen molar-refractivity contribution in [3.8, 4) is 22.7 Å². The average Bonchev–Trinajstić information content (AvgIpc) is 3.64. The van der Waals surface area contributed by atoms with Crippen LogP contribution in [0.3, 0.4) is 0 Å². The number of H-pyrrole nitrogens is 1. The van der Waals surface area contributed by atoms with Crippen LogP contribution in [0.1, 0.15) is 24.0 Å². The highest BCUT2D eigenvalue weighted by molar-refractivity contribution is 5.94. The van der Waals surface area contributed by atoms with Crippen LogP contribution in [0.25, 0.3) is 33.8 Å². The van der Waals surface area contributed by atoms with E-state index >= 15 is 0 Å². The highest BCUT2D eigenvalue weighted by Crippen LogP contribution is 2.32. The number of oxazole rings is 1. The first-order chi connectivity index (χ1) is 20.0. The van der Waals surface area contributed by atoms with Crippen LogP contribution >= 0.6 is 0 Å². The molecular weight excluding hydrogens is 518 g/mol. The van der Waals surface area contributed by atoms with Crippen LogP contribution in [-0.2, 0) is 16.1 Å². The van der Waals surface area contributed by atoms with Gasteiger partial charge in [-0.25, -0.2) is 9.78 Å². The molecule has 1 aliphatic rings. The molecule has 206 valence electrons. The number of allylic oxidation sites excluding steroid dienone is 1. The number of aryl methyl sites for hydroxylation is 1. The summed E-state index contributed by atoms with van der Waals surface area (Å²) in [5, 5.41) is 13.2. The van der Waals surface area contributed by atoms with Gasteiger partial charge in [0.2, 0.25) is 11.8 Å². The second-order valence-corrected chi connectivity index (χ2v) is 10.1. The van der Waals surface area contributed by atoms with Crippen LogP contribution in [-0.4, -0.2) is 33.2 Å². The van der Waals surface area contributed by atoms with E-state index in [-0.39, 0.29) is 18.6 Å². The largest absolute Gasteiger partial charge is 0.445 e. The van der Waals surface area contributed by atoms with Crippen molar-refractivity contribution in [3.05, 3.63) is 102 Å². The number of fused-ring (bicyclic) bond motifs is 1. The fourth-order valence-corrected chi connectivity index (χ4v) is 4.95. The van der Waals surface area contributed by atoms with Gasteiger partial charge in [-0.15, -0.1) is 0 Å². The van der Waals surface area contributed by atoms with Crippen LogP contribution in [0.5, 0.6) is 0 Å². The van der Waals surface area contributed by atoms with Crippen molar-refractivity contribution < 1.29 is 18.7 Å². The van der Waals surface area contributed by atoms with Crippen LogP contribution in [0.15, 0.2) is 95.6 Å². The Kier molecular flexibility index (Phi) is 7.32. The van der Waals surface area contributed by atoms with Crippen molar-refractivity contribution >= 4 is 28.8 Å². The molecule has 2 aromatic heterocycles. The summed E-state index contributed by atoms with van der Waals surface area (Å²) in [5.74, 6) is -0.111. The maximum absolute atomic E-state index is 13.2. The number of nitrogens with one attached hydrogen (secondary N) is 3. The van der Waals surface area contributed by atoms with Gasteiger partial charge in [0.1, 0.15) is 17.8 Å². The van der Waals surface area contributed by atoms with Gasteiger partial charge in [-0.2, -0.15) is 5.10 Å². The van der Waals surface area contributed by atoms with E-state index in [1.807, 2.05) is 91.9 Å². The lowest BCUT2D eigenvalue weighted by Crippen LogP contribution is -2.45. The number of aromatic amines is 1. The van der Waals surface area contributed by atoms with Crippen molar-refractivity contribution in [2.45, 2.75) is 32.4 Å². The normalized spacial score (nSPS) is 16.4. The Balaban J connectivity index is 1.11. The Morgan fingerprint density at radius 1 is 1.02 bits per heavy atom. The molecule has 3 N–H and O–H groups in total. The van der Waals surface area contributed by atoms with Gasteiger partial charge in [0.25, 0.3) is 0 Å². The molecule has 0 spiro atoms. The van der Waals surface area contributed by atoms with Gasteiger partial charge in [-0.3, -0.25) is 9.89 Å². The van der Waals surface area contributed by atoms with Gasteiger partial charge in [0.15, 0.2) is 5.58 Å². The zero-order chi connectivity index (χ0) is 28.2. The first-order valence-electron chi connectivity index (χ1n) is 13.5. The number of carbonyl (C=O) groups is 2. The fraction of sp³-hybridized carbons (Fsp3) is 0.188. The topological polar surface area (TPSA) is 122 Å². The molecule has 2 heterocycles. The summed E-state index contributed by atoms with van der Waals surface area (Å²) < 4.78 is 11.4. The van der Waals surface area contributed by atoms with Gasteiger partial charge < -0.3 is 19.8 Å². The zero-order valence-electron chi connectivity index (χ0n) is 22.5. The van der Waals surface area contributed by atoms with Gasteiger partial charge in [-0.1, -0.05) is 60.7 Å². The second-order valence-electron chi connectivity index (χ2n) is 10.1. The first-order valence-corrected chi connectivity index (χ1v) is 13.5. The molecule has 2 unspecified atom stereocenters. The molecule has 0 aliphatic heterocycles. The Morgan fingerprint density at radius 2 is 1.83 bits per heavy atom. The molecule has 9 heteroatoms. The lowest BCUT2D eigenvalue weighted by Gasteiger charge is -2.28. The van der Waals surface area contributed by atoms with E-state index in [1.54, 1.807) is 6.20 Å². The minimum absolute atomic E-state index is 0.169. The van der Waals surface area contributed by atoms with E-state index in [2.05, 4.69) is 25.8 Å². The number of hydrogen-bond acceptors (Lipinski definition) is 6. The van der Waals surface area contributed by atoms with Crippen molar-refractivity contribution in [1.82, 2.24) is 20.5 Å². The molecule has 0 bridgehead atoms. The quantitative estimate of drug-likeness (QED) is 0.203. The molecule has 9 nitrogen and oxygen atoms in total. The van der Waals surface area contributed by atoms with Crippen molar-refractivity contribution in [1.29, 1.82) is 0 Å². The third kappa shape index (κ3) is 5.89. The number of benzene rings is 3. The molecule has 0 radical (unpaired) electrons. The number of hydrogen-bond donors (Lipinski definition) is 3. The van der Waals surface area contributed by atoms with E-state index in [0.29, 0.717) is 30.1 Å². The average molecular weight is 548 g/mol. The Labute approximate surface area is 236 Å². The molecule has 1 aliphatic carbocycles. The van der Waals surface area contributed by atoms with Gasteiger partial charge in [0.05, 0.1) is 11.5 Å². The highest BCUT2D eigenvalue weighted by Gasteiger charge is 2.30. The number of amides is 2. The molecule has 0 saturated carbocycles. The standard InChI is InChI=1S/C32H29N5O4/c1-20-11-16-27-28(17-20)41-31(35-27)25-18-33-37-29(25)22-12-14-23(15-13-22)34-30(38)24-9-5-6-10-26(24)36-32(39)40-19-21-7-3-2-4-8-21/h2-8,11-18,24,26H,9-10,19H2,1H3,(H,33,37)(H,34,38)(H,36,39). The highest BCUT2D eigenvalue weighted by atomic mass is 16.5. The number of nitrogens with zero attached hydrogens (tertiary/aromatic N) is 2. The second kappa shape index (κ2) is 11.5. The maximum Gasteiger partial charge on any atom is 0.407 e. The van der Waals surface area contributed by atoms with E-state index in [9.17, 15) is 9.59 Å². The molecule has 6 rings (SSSR count). The van der Waals surface area contributed by atoms with E-state index in [0.717, 1.165) is 33.4 Å². The van der Waals surface area contributed by atoms with E-state index in [1.165, 1.54) is 0 Å². The minimum atomic E-state index is -0.541. The summed E-state index contributed by atoms with van der Waals surface area (Å²) in [4.78, 5) is 30.3. The lowest BCUT2D eigenvalue weighted by molar-refractivity contribution is -0.120. The van der Waals surface area contributed by atoms with Crippen LogP contribution in [0.4, 0.5) is 10.5 Å². The van der Waals surface area contributed by atoms with Crippen LogP contribution in [0.2, 0.25) is 0 Å². The number of rotatable bonds is 7. The summed E-state index contributed by atoms with van der Waals surface area (Å²) in [6.07, 6.45) is 6.23. The molecule has 2 atom stereocenters. The smallest absolute Gasteiger partial charge is 0.407 e. The van der Waals surface area contributed by atoms with Gasteiger partial charge in [0, 0.05) is 23.5 Å². The Bertz CT molecular complexity index is 1710. The minimum Gasteiger partial charge on any atom is -0.445 e. The maximum atomic E-state index is 13.2.